The van der Waals surface area contributed by atoms with Crippen LogP contribution in [0, 0.1) is 0 Å². The van der Waals surface area contributed by atoms with Crippen LogP contribution in [0.15, 0.2) is 24.3 Å². The van der Waals surface area contributed by atoms with E-state index in [0.717, 1.165) is 36.6 Å². The monoisotopic (exact) mass is 366 g/mol. The molecule has 4 nitrogen and oxygen atoms in total. The molecule has 0 spiro atoms. The van der Waals surface area contributed by atoms with Crippen molar-refractivity contribution in [2.24, 2.45) is 0 Å². The second-order valence-electron chi connectivity index (χ2n) is 8.06. The minimum atomic E-state index is -3.30. The van der Waals surface area contributed by atoms with E-state index in [2.05, 4.69) is 15.8 Å². The summed E-state index contributed by atoms with van der Waals surface area (Å²) in [5, 5.41) is 1.04. The topological polar surface area (TPSA) is 62.0 Å². The molecule has 1 aromatic carbocycles. The minimum Gasteiger partial charge on any atom is -0.358 e. The maximum atomic E-state index is 12.8. The summed E-state index contributed by atoms with van der Waals surface area (Å²) in [5.41, 5.74) is 2.89. The number of halogens is 1. The van der Waals surface area contributed by atoms with Crippen LogP contribution in [0.5, 0.6) is 0 Å². The third kappa shape index (κ3) is 3.90. The second-order valence-corrected chi connectivity index (χ2v) is 10.5. The zero-order chi connectivity index (χ0) is 18.2. The number of benzene rings is 1. The van der Waals surface area contributed by atoms with Crippen LogP contribution in [0.4, 0.5) is 4.39 Å². The van der Waals surface area contributed by atoms with Crippen LogP contribution in [0.25, 0.3) is 10.9 Å². The number of rotatable bonds is 4. The Bertz CT molecular complexity index is 844. The summed E-state index contributed by atoms with van der Waals surface area (Å²) >= 11 is 0. The number of aromatic nitrogens is 1. The lowest BCUT2D eigenvalue weighted by Gasteiger charge is -2.31. The first kappa shape index (κ1) is 18.4. The smallest absolute Gasteiger partial charge is 0.216 e. The molecule has 25 heavy (non-hydrogen) atoms. The summed E-state index contributed by atoms with van der Waals surface area (Å²) in [6.45, 7) is 4.71. The summed E-state index contributed by atoms with van der Waals surface area (Å²) in [5.74, 6) is 0.400. The molecular formula is C19H27FN2O2S. The Morgan fingerprint density at radius 1 is 1.16 bits per heavy atom. The highest BCUT2D eigenvalue weighted by molar-refractivity contribution is 7.90. The fourth-order valence-electron chi connectivity index (χ4n) is 3.43. The first-order chi connectivity index (χ1) is 11.7. The van der Waals surface area contributed by atoms with Gasteiger partial charge in [0.1, 0.15) is 6.67 Å². The molecule has 0 radical (unpaired) electrons. The van der Waals surface area contributed by atoms with Crippen molar-refractivity contribution in [3.05, 3.63) is 35.5 Å². The fourth-order valence-corrected chi connectivity index (χ4v) is 4.45. The van der Waals surface area contributed by atoms with Gasteiger partial charge >= 0.3 is 0 Å². The lowest BCUT2D eigenvalue weighted by molar-refractivity contribution is 0.368. The molecule has 6 heteroatoms. The van der Waals surface area contributed by atoms with Crippen molar-refractivity contribution >= 4 is 20.9 Å². The van der Waals surface area contributed by atoms with Gasteiger partial charge < -0.3 is 4.98 Å². The summed E-state index contributed by atoms with van der Waals surface area (Å²) in [7, 11) is -3.30. The van der Waals surface area contributed by atoms with Gasteiger partial charge in [0.05, 0.1) is 4.75 Å². The van der Waals surface area contributed by atoms with Crippen molar-refractivity contribution in [3.8, 4) is 0 Å². The molecule has 0 aliphatic heterocycles. The van der Waals surface area contributed by atoms with Gasteiger partial charge in [0, 0.05) is 22.6 Å². The van der Waals surface area contributed by atoms with Crippen molar-refractivity contribution in [2.75, 3.05) is 0 Å². The van der Waals surface area contributed by atoms with Crippen LogP contribution in [0.3, 0.4) is 0 Å². The number of sulfonamides is 1. The lowest BCUT2D eigenvalue weighted by atomic mass is 9.84. The van der Waals surface area contributed by atoms with E-state index in [1.54, 1.807) is 26.8 Å². The Morgan fingerprint density at radius 3 is 2.44 bits per heavy atom. The Morgan fingerprint density at radius 2 is 1.84 bits per heavy atom. The van der Waals surface area contributed by atoms with E-state index in [1.165, 1.54) is 5.69 Å². The molecule has 0 atom stereocenters. The molecule has 1 saturated carbocycles. The molecule has 0 unspecified atom stereocenters. The third-order valence-corrected chi connectivity index (χ3v) is 7.41. The van der Waals surface area contributed by atoms with Crippen molar-refractivity contribution < 1.29 is 12.8 Å². The van der Waals surface area contributed by atoms with E-state index in [1.807, 2.05) is 12.1 Å². The first-order valence-corrected chi connectivity index (χ1v) is 10.4. The standard InChI is InChI=1S/C19H27FN2O2S/c1-19(2,3)25(23,24)22-16-7-5-14(6-8-16)18-11-15-10-13(12-20)4-9-17(15)21-18/h4,9-11,14,16,21-22H,5-8,12H2,1-3H3/t14-,16-. The van der Waals surface area contributed by atoms with E-state index in [0.29, 0.717) is 11.5 Å². The molecule has 1 heterocycles. The third-order valence-electron chi connectivity index (χ3n) is 5.16. The molecule has 1 fully saturated rings. The molecule has 0 bridgehead atoms. The Kier molecular flexibility index (Phi) is 4.95. The summed E-state index contributed by atoms with van der Waals surface area (Å²) < 4.78 is 39.5. The molecule has 3 rings (SSSR count). The number of hydrogen-bond acceptors (Lipinski definition) is 2. The summed E-state index contributed by atoms with van der Waals surface area (Å²) in [6.07, 6.45) is 3.57. The molecule has 1 aliphatic rings. The van der Waals surface area contributed by atoms with E-state index < -0.39 is 21.4 Å². The maximum Gasteiger partial charge on any atom is 0.216 e. The van der Waals surface area contributed by atoms with Crippen molar-refractivity contribution in [1.29, 1.82) is 0 Å². The van der Waals surface area contributed by atoms with Gasteiger partial charge in [0.25, 0.3) is 0 Å². The average molecular weight is 367 g/mol. The predicted octanol–water partition coefficient (Wildman–Crippen LogP) is 4.38. The van der Waals surface area contributed by atoms with Gasteiger partial charge in [-0.3, -0.25) is 0 Å². The van der Waals surface area contributed by atoms with E-state index >= 15 is 0 Å². The van der Waals surface area contributed by atoms with E-state index in [-0.39, 0.29) is 6.04 Å². The van der Waals surface area contributed by atoms with Crippen molar-refractivity contribution in [3.63, 3.8) is 0 Å². The molecule has 1 aromatic heterocycles. The highest BCUT2D eigenvalue weighted by atomic mass is 32.2. The predicted molar refractivity (Wildman–Crippen MR) is 99.9 cm³/mol. The van der Waals surface area contributed by atoms with Gasteiger partial charge in [-0.25, -0.2) is 17.5 Å². The van der Waals surface area contributed by atoms with Crippen molar-refractivity contribution in [1.82, 2.24) is 9.71 Å². The normalized spacial score (nSPS) is 22.4. The number of aromatic amines is 1. The average Bonchev–Trinajstić information content (AvgIpc) is 2.97. The van der Waals surface area contributed by atoms with Crippen LogP contribution in [0.2, 0.25) is 0 Å². The van der Waals surface area contributed by atoms with Gasteiger partial charge in [-0.05, 0) is 76.1 Å². The zero-order valence-corrected chi connectivity index (χ0v) is 15.9. The van der Waals surface area contributed by atoms with Gasteiger partial charge in [0.2, 0.25) is 10.0 Å². The van der Waals surface area contributed by atoms with Crippen LogP contribution in [0.1, 0.15) is 63.6 Å². The van der Waals surface area contributed by atoms with Crippen LogP contribution in [-0.4, -0.2) is 24.2 Å². The Balaban J connectivity index is 1.66. The number of alkyl halides is 1. The fraction of sp³-hybridized carbons (Fsp3) is 0.579. The Labute approximate surface area is 149 Å². The van der Waals surface area contributed by atoms with Crippen LogP contribution < -0.4 is 4.72 Å². The van der Waals surface area contributed by atoms with Gasteiger partial charge in [-0.2, -0.15) is 0 Å². The molecule has 1 aliphatic carbocycles. The number of fused-ring (bicyclic) bond motifs is 1. The lowest BCUT2D eigenvalue weighted by Crippen LogP contribution is -2.45. The molecule has 2 aromatic rings. The number of nitrogens with one attached hydrogen (secondary N) is 2. The highest BCUT2D eigenvalue weighted by Crippen LogP contribution is 2.34. The van der Waals surface area contributed by atoms with Crippen LogP contribution >= 0.6 is 0 Å². The molecule has 138 valence electrons. The SMILES string of the molecule is CC(C)(C)S(=O)(=O)N[C@H]1CC[C@H](c2cc3cc(CF)ccc3[nH]2)CC1. The van der Waals surface area contributed by atoms with Crippen molar-refractivity contribution in [2.45, 2.75) is 69.8 Å². The zero-order valence-electron chi connectivity index (χ0n) is 15.1. The highest BCUT2D eigenvalue weighted by Gasteiger charge is 2.33. The summed E-state index contributed by atoms with van der Waals surface area (Å²) in [6, 6.07) is 7.75. The van der Waals surface area contributed by atoms with Gasteiger partial charge in [-0.1, -0.05) is 6.07 Å². The Hall–Kier alpha value is -1.40. The maximum absolute atomic E-state index is 12.8. The van der Waals surface area contributed by atoms with Gasteiger partial charge in [-0.15, -0.1) is 0 Å². The molecular weight excluding hydrogens is 339 g/mol. The van der Waals surface area contributed by atoms with Gasteiger partial charge in [0.15, 0.2) is 0 Å². The first-order valence-electron chi connectivity index (χ1n) is 8.89. The largest absolute Gasteiger partial charge is 0.358 e. The number of hydrogen-bond donors (Lipinski definition) is 2. The minimum absolute atomic E-state index is 0.0167. The molecule has 2 N–H and O–H groups in total. The molecule has 0 amide bonds. The quantitative estimate of drug-likeness (QED) is 0.843. The molecule has 0 saturated heterocycles. The van der Waals surface area contributed by atoms with E-state index in [4.69, 9.17) is 0 Å². The number of H-pyrrole nitrogens is 1. The second kappa shape index (κ2) is 6.72. The summed E-state index contributed by atoms with van der Waals surface area (Å²) in [4.78, 5) is 3.44. The van der Waals surface area contributed by atoms with Crippen LogP contribution in [-0.2, 0) is 16.7 Å². The van der Waals surface area contributed by atoms with E-state index in [9.17, 15) is 12.8 Å².